The molecule has 0 aliphatic heterocycles. The fraction of sp³-hybridized carbons (Fsp3) is 0.900. The minimum Gasteiger partial charge on any atom is -0.396 e. The predicted octanol–water partition coefficient (Wildman–Crippen LogP) is 3.55. The minimum absolute atomic E-state index is 0.132. The largest absolute Gasteiger partial charge is 0.396 e. The van der Waals surface area contributed by atoms with Crippen molar-refractivity contribution >= 4 is 12.2 Å². The molecule has 26 heavy (non-hydrogen) atoms. The highest BCUT2D eigenvalue weighted by Gasteiger charge is 2.40. The van der Waals surface area contributed by atoms with E-state index in [1.54, 1.807) is 12.2 Å². The zero-order valence-electron chi connectivity index (χ0n) is 17.0. The highest BCUT2D eigenvalue weighted by Crippen LogP contribution is 2.36. The van der Waals surface area contributed by atoms with Gasteiger partial charge in [0, 0.05) is 5.41 Å². The van der Waals surface area contributed by atoms with Gasteiger partial charge in [0.1, 0.15) is 0 Å². The summed E-state index contributed by atoms with van der Waals surface area (Å²) in [5, 5.41) is 20.8. The maximum absolute atomic E-state index is 10.9. The highest BCUT2D eigenvalue weighted by molar-refractivity contribution is 5.34. The van der Waals surface area contributed by atoms with Crippen molar-refractivity contribution in [3.63, 3.8) is 0 Å². The maximum Gasteiger partial charge on any atom is 0.235 e. The van der Waals surface area contributed by atoms with Crippen LogP contribution in [0.5, 0.6) is 0 Å². The first-order valence-corrected chi connectivity index (χ1v) is 9.69. The smallest absolute Gasteiger partial charge is 0.235 e. The van der Waals surface area contributed by atoms with Crippen LogP contribution < -0.4 is 0 Å². The zero-order valence-corrected chi connectivity index (χ0v) is 17.0. The summed E-state index contributed by atoms with van der Waals surface area (Å²) in [7, 11) is 0. The number of aliphatic hydroxyl groups is 2. The molecule has 0 saturated carbocycles. The number of unbranched alkanes of at least 4 members (excludes halogenated alkanes) is 1. The molecule has 0 aliphatic rings. The molecule has 0 aromatic carbocycles. The Morgan fingerprint density at radius 1 is 1.08 bits per heavy atom. The van der Waals surface area contributed by atoms with Crippen molar-refractivity contribution in [3.8, 4) is 0 Å². The summed E-state index contributed by atoms with van der Waals surface area (Å²) in [6, 6.07) is -0.582. The van der Waals surface area contributed by atoms with Gasteiger partial charge < -0.3 is 10.2 Å². The number of hydrogen-bond acceptors (Lipinski definition) is 6. The van der Waals surface area contributed by atoms with E-state index < -0.39 is 23.1 Å². The second-order valence-corrected chi connectivity index (χ2v) is 7.90. The molecule has 6 heteroatoms. The van der Waals surface area contributed by atoms with Crippen LogP contribution in [0, 0.1) is 11.3 Å². The standard InChI is InChI=1S/C20H36N2O4/c1-6-8-12-20(7-2,13-23)18(26)17(21-14-24)11-9-10-16(3)19(4,5)22-15-25/h16-18,23,26H,6-13H2,1-5H3. The summed E-state index contributed by atoms with van der Waals surface area (Å²) in [6.07, 6.45) is 7.53. The van der Waals surface area contributed by atoms with E-state index in [0.717, 1.165) is 25.7 Å². The van der Waals surface area contributed by atoms with Crippen LogP contribution in [0.25, 0.3) is 0 Å². The van der Waals surface area contributed by atoms with Crippen molar-refractivity contribution < 1.29 is 19.8 Å². The van der Waals surface area contributed by atoms with Crippen LogP contribution in [0.4, 0.5) is 0 Å². The Balaban J connectivity index is 5.06. The molecule has 0 saturated heterocycles. The molecule has 4 unspecified atom stereocenters. The van der Waals surface area contributed by atoms with Gasteiger partial charge in [-0.15, -0.1) is 0 Å². The van der Waals surface area contributed by atoms with Crippen molar-refractivity contribution in [2.24, 2.45) is 21.3 Å². The molecule has 0 rings (SSSR count). The van der Waals surface area contributed by atoms with Gasteiger partial charge >= 0.3 is 0 Å². The van der Waals surface area contributed by atoms with Crippen molar-refractivity contribution in [2.75, 3.05) is 6.61 Å². The van der Waals surface area contributed by atoms with Gasteiger partial charge in [0.15, 0.2) is 0 Å². The second kappa shape index (κ2) is 12.1. The number of carbonyl (C=O) groups excluding carboxylic acids is 2. The first-order chi connectivity index (χ1) is 12.2. The summed E-state index contributed by atoms with van der Waals surface area (Å²) >= 11 is 0. The molecule has 0 spiro atoms. The third-order valence-corrected chi connectivity index (χ3v) is 5.93. The fourth-order valence-corrected chi connectivity index (χ4v) is 3.33. The maximum atomic E-state index is 10.9. The number of nitrogens with zero attached hydrogens (tertiary/aromatic N) is 2. The lowest BCUT2D eigenvalue weighted by Crippen LogP contribution is -2.45. The van der Waals surface area contributed by atoms with Gasteiger partial charge in [-0.05, 0) is 45.4 Å². The van der Waals surface area contributed by atoms with Crippen molar-refractivity contribution in [2.45, 2.75) is 97.2 Å². The van der Waals surface area contributed by atoms with E-state index in [9.17, 15) is 19.8 Å². The molecular weight excluding hydrogens is 332 g/mol. The SMILES string of the molecule is CCCCC(CC)(CO)C(O)C(CCCC(C)C(C)(C)N=C=O)N=C=O. The van der Waals surface area contributed by atoms with E-state index >= 15 is 0 Å². The molecular formula is C20H36N2O4. The van der Waals surface area contributed by atoms with E-state index in [2.05, 4.69) is 16.9 Å². The van der Waals surface area contributed by atoms with Gasteiger partial charge in [0.25, 0.3) is 0 Å². The van der Waals surface area contributed by atoms with Gasteiger partial charge in [0.05, 0.1) is 24.3 Å². The summed E-state index contributed by atoms with van der Waals surface area (Å²) in [5.74, 6) is 0.149. The lowest BCUT2D eigenvalue weighted by Gasteiger charge is -2.38. The molecule has 150 valence electrons. The van der Waals surface area contributed by atoms with Crippen molar-refractivity contribution in [1.82, 2.24) is 0 Å². The van der Waals surface area contributed by atoms with Gasteiger partial charge in [-0.1, -0.05) is 40.0 Å². The average molecular weight is 369 g/mol. The molecule has 0 radical (unpaired) electrons. The van der Waals surface area contributed by atoms with Crippen LogP contribution in [-0.2, 0) is 9.59 Å². The summed E-state index contributed by atoms with van der Waals surface area (Å²) < 4.78 is 0. The number of hydrogen-bond donors (Lipinski definition) is 2. The van der Waals surface area contributed by atoms with Crippen LogP contribution in [-0.4, -0.2) is 46.7 Å². The van der Waals surface area contributed by atoms with Crippen LogP contribution in [0.3, 0.4) is 0 Å². The monoisotopic (exact) mass is 368 g/mol. The van der Waals surface area contributed by atoms with Crippen molar-refractivity contribution in [3.05, 3.63) is 0 Å². The molecule has 0 aromatic heterocycles. The molecule has 0 bridgehead atoms. The van der Waals surface area contributed by atoms with Gasteiger partial charge in [-0.2, -0.15) is 9.98 Å². The molecule has 0 amide bonds. The van der Waals surface area contributed by atoms with E-state index in [-0.39, 0.29) is 12.5 Å². The molecule has 0 aromatic rings. The molecule has 0 fully saturated rings. The summed E-state index contributed by atoms with van der Waals surface area (Å²) in [6.45, 7) is 9.66. The van der Waals surface area contributed by atoms with E-state index in [4.69, 9.17) is 0 Å². The van der Waals surface area contributed by atoms with Gasteiger partial charge in [-0.25, -0.2) is 9.59 Å². The van der Waals surface area contributed by atoms with Crippen LogP contribution in [0.15, 0.2) is 9.98 Å². The summed E-state index contributed by atoms with van der Waals surface area (Å²) in [5.41, 5.74) is -1.14. The Bertz CT molecular complexity index is 490. The zero-order chi connectivity index (χ0) is 20.2. The van der Waals surface area contributed by atoms with Crippen LogP contribution >= 0.6 is 0 Å². The predicted molar refractivity (Wildman–Crippen MR) is 102 cm³/mol. The number of aliphatic imine (C=N–C) groups is 2. The Hall–Kier alpha value is -1.32. The molecule has 6 nitrogen and oxygen atoms in total. The Labute approximate surface area is 157 Å². The second-order valence-electron chi connectivity index (χ2n) is 7.90. The molecule has 0 aliphatic carbocycles. The van der Waals surface area contributed by atoms with Crippen LogP contribution in [0.1, 0.15) is 79.6 Å². The van der Waals surface area contributed by atoms with Gasteiger partial charge in [-0.3, -0.25) is 0 Å². The number of isocyanates is 2. The Morgan fingerprint density at radius 2 is 1.73 bits per heavy atom. The summed E-state index contributed by atoms with van der Waals surface area (Å²) in [4.78, 5) is 29.1. The Morgan fingerprint density at radius 3 is 2.19 bits per heavy atom. The Kier molecular flexibility index (Phi) is 11.5. The fourth-order valence-electron chi connectivity index (χ4n) is 3.33. The topological polar surface area (TPSA) is 99.3 Å². The van der Waals surface area contributed by atoms with Gasteiger partial charge in [0.2, 0.25) is 12.2 Å². The minimum atomic E-state index is -0.887. The number of rotatable bonds is 14. The first-order valence-electron chi connectivity index (χ1n) is 9.69. The number of aliphatic hydroxyl groups excluding tert-OH is 2. The van der Waals surface area contributed by atoms with Crippen LogP contribution in [0.2, 0.25) is 0 Å². The van der Waals surface area contributed by atoms with E-state index in [1.807, 2.05) is 27.7 Å². The third-order valence-electron chi connectivity index (χ3n) is 5.93. The molecule has 0 heterocycles. The van der Waals surface area contributed by atoms with E-state index in [1.165, 1.54) is 0 Å². The molecule has 2 N–H and O–H groups in total. The lowest BCUT2D eigenvalue weighted by molar-refractivity contribution is -0.0428. The third kappa shape index (κ3) is 7.13. The normalized spacial score (nSPS) is 17.3. The molecule has 4 atom stereocenters. The average Bonchev–Trinajstić information content (AvgIpc) is 2.61. The lowest BCUT2D eigenvalue weighted by atomic mass is 9.72. The van der Waals surface area contributed by atoms with Crippen molar-refractivity contribution in [1.29, 1.82) is 0 Å². The highest BCUT2D eigenvalue weighted by atomic mass is 16.3. The quantitative estimate of drug-likeness (QED) is 0.362. The first kappa shape index (κ1) is 24.7. The van der Waals surface area contributed by atoms with E-state index in [0.29, 0.717) is 19.3 Å².